The lowest BCUT2D eigenvalue weighted by Gasteiger charge is -2.26. The first-order valence-corrected chi connectivity index (χ1v) is 10.6. The van der Waals surface area contributed by atoms with Gasteiger partial charge in [-0.05, 0) is 36.1 Å². The third-order valence-electron chi connectivity index (χ3n) is 5.46. The topological polar surface area (TPSA) is 80.7 Å². The molecule has 0 unspecified atom stereocenters. The summed E-state index contributed by atoms with van der Waals surface area (Å²) in [5.41, 5.74) is 10.6. The molecule has 150 valence electrons. The van der Waals surface area contributed by atoms with Gasteiger partial charge in [0.25, 0.3) is 0 Å². The maximum Gasteiger partial charge on any atom is 0.152 e. The molecular weight excluding hydrogens is 384 g/mol. The van der Waals surface area contributed by atoms with E-state index in [9.17, 15) is 0 Å². The smallest absolute Gasteiger partial charge is 0.152 e. The normalized spacial score (nSPS) is 15.4. The van der Waals surface area contributed by atoms with Crippen LogP contribution in [0, 0.1) is 6.92 Å². The van der Waals surface area contributed by atoms with Crippen LogP contribution >= 0.6 is 11.3 Å². The lowest BCUT2D eigenvalue weighted by molar-refractivity contribution is 0.229. The van der Waals surface area contributed by atoms with E-state index in [1.807, 2.05) is 4.52 Å². The van der Waals surface area contributed by atoms with E-state index < -0.39 is 0 Å². The fourth-order valence-electron chi connectivity index (χ4n) is 4.08. The van der Waals surface area contributed by atoms with E-state index in [-0.39, 0.29) is 0 Å². The van der Waals surface area contributed by atoms with Gasteiger partial charge in [-0.1, -0.05) is 6.07 Å². The standard InChI is InChI=1S/C21H24N6OS/c1-13-7-14-9-18(29-20(14)17(8-13)28-2)16-10-15(11-26-5-3-23-4-6-26)27-19(16)21(22)24-12-25-27/h7-10,12,23H,3-6,11H2,1-2H3,(H2,22,24,25). The van der Waals surface area contributed by atoms with Crippen LogP contribution in [-0.2, 0) is 6.54 Å². The molecule has 29 heavy (non-hydrogen) atoms. The molecule has 1 saturated heterocycles. The van der Waals surface area contributed by atoms with Gasteiger partial charge in [0.15, 0.2) is 5.82 Å². The molecule has 3 N–H and O–H groups in total. The highest BCUT2D eigenvalue weighted by molar-refractivity contribution is 7.22. The van der Waals surface area contributed by atoms with Crippen molar-refractivity contribution in [2.24, 2.45) is 0 Å². The van der Waals surface area contributed by atoms with Crippen LogP contribution in [0.15, 0.2) is 30.6 Å². The fraction of sp³-hybridized carbons (Fsp3) is 0.333. The number of nitrogens with two attached hydrogens (primary N) is 1. The summed E-state index contributed by atoms with van der Waals surface area (Å²) in [6.07, 6.45) is 1.53. The first-order valence-electron chi connectivity index (χ1n) is 9.77. The molecule has 1 aromatic carbocycles. The Bertz CT molecular complexity index is 1190. The summed E-state index contributed by atoms with van der Waals surface area (Å²) >= 11 is 1.72. The Morgan fingerprint density at radius 3 is 2.83 bits per heavy atom. The van der Waals surface area contributed by atoms with Crippen LogP contribution in [0.4, 0.5) is 5.82 Å². The van der Waals surface area contributed by atoms with E-state index in [0.29, 0.717) is 5.82 Å². The largest absolute Gasteiger partial charge is 0.495 e. The van der Waals surface area contributed by atoms with Gasteiger partial charge in [0.2, 0.25) is 0 Å². The summed E-state index contributed by atoms with van der Waals surface area (Å²) in [5, 5.41) is 9.10. The first-order chi connectivity index (χ1) is 14.1. The molecule has 0 atom stereocenters. The zero-order valence-electron chi connectivity index (χ0n) is 16.6. The predicted octanol–water partition coefficient (Wildman–Crippen LogP) is 2.92. The minimum absolute atomic E-state index is 0.502. The van der Waals surface area contributed by atoms with E-state index in [1.54, 1.807) is 18.4 Å². The molecule has 0 spiro atoms. The van der Waals surface area contributed by atoms with Gasteiger partial charge in [0, 0.05) is 43.2 Å². The molecule has 1 aliphatic heterocycles. The molecule has 8 heteroatoms. The number of nitrogens with one attached hydrogen (secondary N) is 1. The monoisotopic (exact) mass is 408 g/mol. The highest BCUT2D eigenvalue weighted by Crippen LogP contribution is 2.42. The molecule has 3 aromatic heterocycles. The number of aromatic nitrogens is 3. The Kier molecular flexibility index (Phi) is 4.61. The number of thiophene rings is 1. The lowest BCUT2D eigenvalue weighted by Crippen LogP contribution is -2.43. The number of piperazine rings is 1. The molecule has 0 bridgehead atoms. The van der Waals surface area contributed by atoms with Gasteiger partial charge in [-0.2, -0.15) is 5.10 Å². The molecular formula is C21H24N6OS. The molecule has 1 fully saturated rings. The number of nitrogen functional groups attached to an aromatic ring is 1. The van der Waals surface area contributed by atoms with E-state index in [4.69, 9.17) is 10.5 Å². The minimum atomic E-state index is 0.502. The summed E-state index contributed by atoms with van der Waals surface area (Å²) in [7, 11) is 1.72. The molecule has 4 heterocycles. The van der Waals surface area contributed by atoms with Crippen molar-refractivity contribution in [1.29, 1.82) is 0 Å². The molecule has 5 rings (SSSR count). The SMILES string of the molecule is COc1cc(C)cc2cc(-c3cc(CN4CCNCC4)n4ncnc(N)c34)sc12. The van der Waals surface area contributed by atoms with Crippen LogP contribution in [0.1, 0.15) is 11.3 Å². The summed E-state index contributed by atoms with van der Waals surface area (Å²) in [6.45, 7) is 7.02. The van der Waals surface area contributed by atoms with E-state index >= 15 is 0 Å². The Hall–Kier alpha value is -2.68. The third-order valence-corrected chi connectivity index (χ3v) is 6.66. The van der Waals surface area contributed by atoms with Crippen molar-refractivity contribution in [2.75, 3.05) is 39.0 Å². The Morgan fingerprint density at radius 1 is 1.21 bits per heavy atom. The molecule has 0 saturated carbocycles. The molecule has 0 radical (unpaired) electrons. The van der Waals surface area contributed by atoms with Crippen LogP contribution in [0.2, 0.25) is 0 Å². The van der Waals surface area contributed by atoms with E-state index in [0.717, 1.165) is 64.8 Å². The molecule has 0 aliphatic carbocycles. The summed E-state index contributed by atoms with van der Waals surface area (Å²) in [4.78, 5) is 7.85. The average Bonchev–Trinajstić information content (AvgIpc) is 3.30. The molecule has 7 nitrogen and oxygen atoms in total. The Labute approximate surface area is 173 Å². The second-order valence-electron chi connectivity index (χ2n) is 7.48. The second kappa shape index (κ2) is 7.29. The number of rotatable bonds is 4. The highest BCUT2D eigenvalue weighted by atomic mass is 32.1. The van der Waals surface area contributed by atoms with Crippen LogP contribution in [-0.4, -0.2) is 52.8 Å². The van der Waals surface area contributed by atoms with Gasteiger partial charge >= 0.3 is 0 Å². The van der Waals surface area contributed by atoms with Crippen molar-refractivity contribution in [2.45, 2.75) is 13.5 Å². The third kappa shape index (κ3) is 3.23. The quantitative estimate of drug-likeness (QED) is 0.540. The second-order valence-corrected chi connectivity index (χ2v) is 8.53. The minimum Gasteiger partial charge on any atom is -0.495 e. The number of nitrogens with zero attached hydrogens (tertiary/aromatic N) is 4. The number of aryl methyl sites for hydroxylation is 1. The van der Waals surface area contributed by atoms with E-state index in [1.165, 1.54) is 17.3 Å². The highest BCUT2D eigenvalue weighted by Gasteiger charge is 2.20. The van der Waals surface area contributed by atoms with Crippen LogP contribution < -0.4 is 15.8 Å². The van der Waals surface area contributed by atoms with Crippen LogP contribution in [0.3, 0.4) is 0 Å². The zero-order valence-corrected chi connectivity index (χ0v) is 17.4. The van der Waals surface area contributed by atoms with Gasteiger partial charge < -0.3 is 15.8 Å². The number of fused-ring (bicyclic) bond motifs is 2. The van der Waals surface area contributed by atoms with Crippen LogP contribution in [0.25, 0.3) is 26.0 Å². The van der Waals surface area contributed by atoms with Crippen LogP contribution in [0.5, 0.6) is 5.75 Å². The summed E-state index contributed by atoms with van der Waals surface area (Å²) in [5.74, 6) is 1.41. The number of benzene rings is 1. The summed E-state index contributed by atoms with van der Waals surface area (Å²) < 4.78 is 8.71. The number of hydrogen-bond acceptors (Lipinski definition) is 7. The molecule has 4 aromatic rings. The molecule has 1 aliphatic rings. The van der Waals surface area contributed by atoms with Crippen molar-refractivity contribution >= 4 is 32.8 Å². The van der Waals surface area contributed by atoms with Crippen molar-refractivity contribution < 1.29 is 4.74 Å². The van der Waals surface area contributed by atoms with Gasteiger partial charge in [0.05, 0.1) is 17.5 Å². The van der Waals surface area contributed by atoms with Crippen molar-refractivity contribution in [1.82, 2.24) is 24.8 Å². The fourth-order valence-corrected chi connectivity index (χ4v) is 5.23. The number of anilines is 1. The number of hydrogen-bond donors (Lipinski definition) is 2. The average molecular weight is 409 g/mol. The maximum absolute atomic E-state index is 6.30. The van der Waals surface area contributed by atoms with Gasteiger partial charge in [0.1, 0.15) is 17.6 Å². The number of methoxy groups -OCH3 is 1. The first kappa shape index (κ1) is 18.4. The van der Waals surface area contributed by atoms with E-state index in [2.05, 4.69) is 51.5 Å². The molecule has 0 amide bonds. The lowest BCUT2D eigenvalue weighted by atomic mass is 10.1. The Morgan fingerprint density at radius 2 is 2.03 bits per heavy atom. The predicted molar refractivity (Wildman–Crippen MR) is 118 cm³/mol. The maximum atomic E-state index is 6.30. The van der Waals surface area contributed by atoms with Crippen molar-refractivity contribution in [3.63, 3.8) is 0 Å². The van der Waals surface area contributed by atoms with Gasteiger partial charge in [-0.25, -0.2) is 9.50 Å². The van der Waals surface area contributed by atoms with Gasteiger partial charge in [-0.3, -0.25) is 4.90 Å². The van der Waals surface area contributed by atoms with Gasteiger partial charge in [-0.15, -0.1) is 11.3 Å². The Balaban J connectivity index is 1.66. The zero-order chi connectivity index (χ0) is 20.0. The van der Waals surface area contributed by atoms with Crippen molar-refractivity contribution in [3.8, 4) is 16.2 Å². The summed E-state index contributed by atoms with van der Waals surface area (Å²) in [6, 6.07) is 8.70. The van der Waals surface area contributed by atoms with Crippen molar-refractivity contribution in [3.05, 3.63) is 41.9 Å². The number of ether oxygens (including phenoxy) is 1.